The van der Waals surface area contributed by atoms with Crippen LogP contribution in [-0.2, 0) is 21.4 Å². The lowest BCUT2D eigenvalue weighted by Crippen LogP contribution is -2.39. The highest BCUT2D eigenvalue weighted by Crippen LogP contribution is 2.23. The Morgan fingerprint density at radius 1 is 1.03 bits per heavy atom. The van der Waals surface area contributed by atoms with Crippen LogP contribution in [0.2, 0.25) is 0 Å². The lowest BCUT2D eigenvalue weighted by molar-refractivity contribution is -0.138. The maximum atomic E-state index is 13.0. The fraction of sp³-hybridized carbons (Fsp3) is 0.375. The van der Waals surface area contributed by atoms with Gasteiger partial charge in [0, 0.05) is 19.7 Å². The highest BCUT2D eigenvalue weighted by molar-refractivity contribution is 7.92. The summed E-state index contributed by atoms with van der Waals surface area (Å²) in [6.45, 7) is 4.47. The summed E-state index contributed by atoms with van der Waals surface area (Å²) in [5.74, 6) is 1.69. The molecule has 35 heavy (non-hydrogen) atoms. The van der Waals surface area contributed by atoms with E-state index in [2.05, 4.69) is 10.1 Å². The van der Waals surface area contributed by atoms with Gasteiger partial charge in [-0.05, 0) is 61.9 Å². The fourth-order valence-corrected chi connectivity index (χ4v) is 3.73. The van der Waals surface area contributed by atoms with Crippen LogP contribution in [0, 0.1) is 0 Å². The number of hydrogen-bond acceptors (Lipinski definition) is 8. The molecule has 2 aromatic carbocycles. The van der Waals surface area contributed by atoms with E-state index in [0.717, 1.165) is 17.6 Å². The predicted molar refractivity (Wildman–Crippen MR) is 132 cm³/mol. The highest BCUT2D eigenvalue weighted by Gasteiger charge is 2.24. The van der Waals surface area contributed by atoms with E-state index in [9.17, 15) is 13.2 Å². The maximum Gasteiger partial charge on any atom is 0.263 e. The van der Waals surface area contributed by atoms with Crippen LogP contribution in [0.5, 0.6) is 11.5 Å². The molecule has 0 unspecified atom stereocenters. The minimum absolute atomic E-state index is 0.126. The molecule has 1 atom stereocenters. The van der Waals surface area contributed by atoms with Crippen molar-refractivity contribution in [2.75, 3.05) is 31.3 Å². The van der Waals surface area contributed by atoms with Gasteiger partial charge in [-0.15, -0.1) is 0 Å². The summed E-state index contributed by atoms with van der Waals surface area (Å²) in [7, 11) is -0.257. The third-order valence-corrected chi connectivity index (χ3v) is 6.47. The summed E-state index contributed by atoms with van der Waals surface area (Å²) in [4.78, 5) is 18.8. The van der Waals surface area contributed by atoms with Gasteiger partial charge in [0.15, 0.2) is 6.10 Å². The molecule has 1 aromatic heterocycles. The summed E-state index contributed by atoms with van der Waals surface area (Å²) in [5, 5.41) is 4.00. The minimum atomic E-state index is -3.37. The van der Waals surface area contributed by atoms with E-state index in [0.29, 0.717) is 36.2 Å². The summed E-state index contributed by atoms with van der Waals surface area (Å²) >= 11 is 0. The van der Waals surface area contributed by atoms with E-state index in [-0.39, 0.29) is 12.5 Å². The summed E-state index contributed by atoms with van der Waals surface area (Å²) in [6.07, 6.45) is 0.839. The van der Waals surface area contributed by atoms with Gasteiger partial charge < -0.3 is 18.9 Å². The number of carbonyl (C=O) groups is 1. The van der Waals surface area contributed by atoms with Crippen LogP contribution in [0.15, 0.2) is 53.1 Å². The predicted octanol–water partition coefficient (Wildman–Crippen LogP) is 3.35. The van der Waals surface area contributed by atoms with E-state index in [1.807, 2.05) is 38.1 Å². The molecule has 1 heterocycles. The second kappa shape index (κ2) is 11.2. The molecule has 188 valence electrons. The Kier molecular flexibility index (Phi) is 8.34. The van der Waals surface area contributed by atoms with Crippen molar-refractivity contribution >= 4 is 21.6 Å². The van der Waals surface area contributed by atoms with E-state index < -0.39 is 16.1 Å². The summed E-state index contributed by atoms with van der Waals surface area (Å²) in [5.41, 5.74) is 1.27. The lowest BCUT2D eigenvalue weighted by Gasteiger charge is -2.23. The largest absolute Gasteiger partial charge is 0.494 e. The van der Waals surface area contributed by atoms with Crippen LogP contribution in [0.4, 0.5) is 5.69 Å². The molecule has 0 radical (unpaired) electrons. The van der Waals surface area contributed by atoms with Crippen LogP contribution in [0.1, 0.15) is 26.2 Å². The van der Waals surface area contributed by atoms with Crippen LogP contribution in [0.3, 0.4) is 0 Å². The van der Waals surface area contributed by atoms with Gasteiger partial charge in [0.1, 0.15) is 11.5 Å². The first-order valence-electron chi connectivity index (χ1n) is 11.1. The Morgan fingerprint density at radius 3 is 2.23 bits per heavy atom. The zero-order valence-electron chi connectivity index (χ0n) is 20.5. The SMILES string of the molecule is CCOc1ccc(-c2noc(CN(C)C(=O)[C@H](CC)Oc3ccc(N(C)S(C)(=O)=O)cc3)n2)cc1. The Morgan fingerprint density at radius 2 is 1.66 bits per heavy atom. The number of rotatable bonds is 11. The molecule has 10 nitrogen and oxygen atoms in total. The number of benzene rings is 2. The van der Waals surface area contributed by atoms with Crippen molar-refractivity contribution in [3.63, 3.8) is 0 Å². The zero-order valence-corrected chi connectivity index (χ0v) is 21.3. The Labute approximate surface area is 205 Å². The van der Waals surface area contributed by atoms with E-state index in [1.54, 1.807) is 31.3 Å². The summed E-state index contributed by atoms with van der Waals surface area (Å²) in [6, 6.07) is 13.9. The van der Waals surface area contributed by atoms with Crippen molar-refractivity contribution in [3.8, 4) is 22.9 Å². The van der Waals surface area contributed by atoms with Crippen LogP contribution < -0.4 is 13.8 Å². The van der Waals surface area contributed by atoms with Crippen molar-refractivity contribution in [1.29, 1.82) is 0 Å². The van der Waals surface area contributed by atoms with E-state index in [4.69, 9.17) is 14.0 Å². The molecule has 0 aliphatic carbocycles. The van der Waals surface area contributed by atoms with Crippen molar-refractivity contribution in [2.45, 2.75) is 32.9 Å². The number of carbonyl (C=O) groups excluding carboxylic acids is 1. The molecule has 0 bridgehead atoms. The van der Waals surface area contributed by atoms with Gasteiger partial charge in [-0.25, -0.2) is 8.42 Å². The fourth-order valence-electron chi connectivity index (χ4n) is 3.23. The third kappa shape index (κ3) is 6.72. The Balaban J connectivity index is 1.62. The first-order valence-corrected chi connectivity index (χ1v) is 13.0. The molecule has 0 saturated heterocycles. The van der Waals surface area contributed by atoms with E-state index in [1.165, 1.54) is 16.3 Å². The second-order valence-electron chi connectivity index (χ2n) is 7.90. The lowest BCUT2D eigenvalue weighted by atomic mass is 10.2. The molecule has 0 spiro atoms. The van der Waals surface area contributed by atoms with Crippen molar-refractivity contribution in [1.82, 2.24) is 15.0 Å². The molecular weight excluding hydrogens is 472 g/mol. The number of sulfonamides is 1. The molecule has 0 saturated carbocycles. The first kappa shape index (κ1) is 26.0. The number of likely N-dealkylation sites (N-methyl/N-ethyl adjacent to an activating group) is 1. The van der Waals surface area contributed by atoms with Gasteiger partial charge in [0.25, 0.3) is 5.91 Å². The van der Waals surface area contributed by atoms with Crippen LogP contribution >= 0.6 is 0 Å². The average molecular weight is 503 g/mol. The number of aromatic nitrogens is 2. The molecule has 0 aliphatic heterocycles. The Hall–Kier alpha value is -3.60. The quantitative estimate of drug-likeness (QED) is 0.392. The van der Waals surface area contributed by atoms with Gasteiger partial charge in [-0.1, -0.05) is 12.1 Å². The number of ether oxygens (including phenoxy) is 2. The number of nitrogens with zero attached hydrogens (tertiary/aromatic N) is 4. The third-order valence-electron chi connectivity index (χ3n) is 5.26. The van der Waals surface area contributed by atoms with Gasteiger partial charge in [-0.3, -0.25) is 9.10 Å². The molecule has 0 N–H and O–H groups in total. The van der Waals surface area contributed by atoms with Gasteiger partial charge in [0.2, 0.25) is 21.7 Å². The Bertz CT molecular complexity index is 1230. The molecule has 3 aromatic rings. The first-order chi connectivity index (χ1) is 16.6. The molecular formula is C24H30N4O6S. The molecule has 3 rings (SSSR count). The van der Waals surface area contributed by atoms with Crippen LogP contribution in [-0.4, -0.2) is 62.4 Å². The number of amides is 1. The van der Waals surface area contributed by atoms with Gasteiger partial charge in [0.05, 0.1) is 25.1 Å². The second-order valence-corrected chi connectivity index (χ2v) is 9.92. The van der Waals surface area contributed by atoms with Crippen molar-refractivity contribution < 1.29 is 27.2 Å². The average Bonchev–Trinajstić information content (AvgIpc) is 3.30. The number of anilines is 1. The van der Waals surface area contributed by atoms with Crippen molar-refractivity contribution in [2.24, 2.45) is 0 Å². The minimum Gasteiger partial charge on any atom is -0.494 e. The monoisotopic (exact) mass is 502 g/mol. The highest BCUT2D eigenvalue weighted by atomic mass is 32.2. The maximum absolute atomic E-state index is 13.0. The standard InChI is InChI=1S/C24H30N4O6S/c1-6-21(33-20-14-10-18(11-15-20)28(4)35(5,30)31)24(29)27(3)16-22-25-23(26-34-22)17-8-12-19(13-9-17)32-7-2/h8-15,21H,6-7,16H2,1-5H3/t21-/m0/s1. The normalized spacial score (nSPS) is 12.1. The molecule has 0 fully saturated rings. The molecule has 11 heteroatoms. The smallest absolute Gasteiger partial charge is 0.263 e. The molecule has 1 amide bonds. The zero-order chi connectivity index (χ0) is 25.6. The van der Waals surface area contributed by atoms with Gasteiger partial charge in [-0.2, -0.15) is 4.98 Å². The number of hydrogen-bond donors (Lipinski definition) is 0. The molecule has 0 aliphatic rings. The van der Waals surface area contributed by atoms with Gasteiger partial charge >= 0.3 is 0 Å². The van der Waals surface area contributed by atoms with Crippen molar-refractivity contribution in [3.05, 3.63) is 54.4 Å². The van der Waals surface area contributed by atoms with E-state index >= 15 is 0 Å². The van der Waals surface area contributed by atoms with Crippen LogP contribution in [0.25, 0.3) is 11.4 Å². The summed E-state index contributed by atoms with van der Waals surface area (Å²) < 4.78 is 41.2. The topological polar surface area (TPSA) is 115 Å².